The van der Waals surface area contributed by atoms with E-state index in [2.05, 4.69) is 39.0 Å². The maximum absolute atomic E-state index is 5.49. The van der Waals surface area contributed by atoms with Gasteiger partial charge in [-0.15, -0.1) is 0 Å². The molecule has 0 amide bonds. The van der Waals surface area contributed by atoms with E-state index in [0.717, 1.165) is 43.6 Å². The molecule has 0 saturated heterocycles. The van der Waals surface area contributed by atoms with Crippen LogP contribution in [-0.4, -0.2) is 28.8 Å². The molecule has 7 heteroatoms. The molecule has 0 atom stereocenters. The van der Waals surface area contributed by atoms with Crippen LogP contribution in [-0.2, 0) is 6.42 Å². The van der Waals surface area contributed by atoms with Gasteiger partial charge in [-0.05, 0) is 34.0 Å². The summed E-state index contributed by atoms with van der Waals surface area (Å²) < 4.78 is 13.5. The predicted molar refractivity (Wildman–Crippen MR) is 86.5 cm³/mol. The fourth-order valence-electron chi connectivity index (χ4n) is 2.18. The molecular weight excluding hydrogens is 354 g/mol. The van der Waals surface area contributed by atoms with Crippen molar-refractivity contribution in [1.82, 2.24) is 14.6 Å². The van der Waals surface area contributed by atoms with Crippen molar-refractivity contribution in [1.29, 1.82) is 0 Å². The van der Waals surface area contributed by atoms with E-state index < -0.39 is 0 Å². The highest BCUT2D eigenvalue weighted by Gasteiger charge is 2.17. The van der Waals surface area contributed by atoms with Crippen molar-refractivity contribution in [2.24, 2.45) is 0 Å². The Hall–Kier alpha value is -1.60. The molecule has 3 aromatic rings. The van der Waals surface area contributed by atoms with Crippen LogP contribution in [0.3, 0.4) is 0 Å². The number of methoxy groups -OCH3 is 2. The van der Waals surface area contributed by atoms with E-state index in [9.17, 15) is 0 Å². The largest absolute Gasteiger partial charge is 0.496 e. The Morgan fingerprint density at radius 1 is 1.24 bits per heavy atom. The first kappa shape index (κ1) is 14.3. The Morgan fingerprint density at radius 3 is 2.62 bits per heavy atom. The lowest BCUT2D eigenvalue weighted by Gasteiger charge is -2.12. The van der Waals surface area contributed by atoms with Gasteiger partial charge in [0.05, 0.1) is 26.0 Å². The fourth-order valence-corrected chi connectivity index (χ4v) is 3.55. The number of fused-ring (bicyclic) bond motifs is 1. The first-order valence-corrected chi connectivity index (χ1v) is 8.04. The Morgan fingerprint density at radius 2 is 2.00 bits per heavy atom. The molecule has 0 fully saturated rings. The van der Waals surface area contributed by atoms with Crippen LogP contribution in [0.25, 0.3) is 15.5 Å². The second-order valence-corrected chi connectivity index (χ2v) is 6.17. The molecular formula is C14H14BrN3O2S. The molecule has 0 spiro atoms. The van der Waals surface area contributed by atoms with Crippen LogP contribution in [0, 0.1) is 0 Å². The highest BCUT2D eigenvalue weighted by atomic mass is 79.9. The lowest BCUT2D eigenvalue weighted by molar-refractivity contribution is 0.392. The molecule has 0 aliphatic rings. The number of hydrogen-bond acceptors (Lipinski definition) is 5. The third kappa shape index (κ3) is 2.40. The molecule has 2 heterocycles. The molecule has 5 nitrogen and oxygen atoms in total. The van der Waals surface area contributed by atoms with E-state index in [4.69, 9.17) is 9.47 Å². The van der Waals surface area contributed by atoms with Gasteiger partial charge in [-0.25, -0.2) is 4.98 Å². The third-order valence-electron chi connectivity index (χ3n) is 3.26. The summed E-state index contributed by atoms with van der Waals surface area (Å²) in [6.07, 6.45) is 2.62. The number of aromatic nitrogens is 3. The highest BCUT2D eigenvalue weighted by molar-refractivity contribution is 9.10. The molecule has 0 aliphatic heterocycles. The normalized spacial score (nSPS) is 11.0. The van der Waals surface area contributed by atoms with Crippen LogP contribution in [0.4, 0.5) is 0 Å². The summed E-state index contributed by atoms with van der Waals surface area (Å²) in [5.41, 5.74) is 2.08. The predicted octanol–water partition coefficient (Wildman–Crippen LogP) is 3.80. The zero-order valence-corrected chi connectivity index (χ0v) is 14.3. The zero-order chi connectivity index (χ0) is 15.0. The minimum absolute atomic E-state index is 0.747. The topological polar surface area (TPSA) is 48.7 Å². The first-order chi connectivity index (χ1) is 10.2. The SMILES string of the molecule is CCc1cc(-c2nn3c(Br)cnc3s2)c(OC)cc1OC. The lowest BCUT2D eigenvalue weighted by Crippen LogP contribution is -1.96. The van der Waals surface area contributed by atoms with Crippen LogP contribution in [0.1, 0.15) is 12.5 Å². The van der Waals surface area contributed by atoms with Gasteiger partial charge < -0.3 is 9.47 Å². The number of halogens is 1. The van der Waals surface area contributed by atoms with Crippen molar-refractivity contribution in [3.8, 4) is 22.1 Å². The Balaban J connectivity index is 2.19. The average molecular weight is 368 g/mol. The molecule has 0 saturated carbocycles. The van der Waals surface area contributed by atoms with E-state index in [1.54, 1.807) is 24.9 Å². The van der Waals surface area contributed by atoms with Gasteiger partial charge in [-0.1, -0.05) is 18.3 Å². The van der Waals surface area contributed by atoms with Gasteiger partial charge in [-0.3, -0.25) is 0 Å². The van der Waals surface area contributed by atoms with E-state index >= 15 is 0 Å². The molecule has 0 radical (unpaired) electrons. The van der Waals surface area contributed by atoms with E-state index in [-0.39, 0.29) is 0 Å². The molecule has 0 aliphatic carbocycles. The standard InChI is InChI=1S/C14H14BrN3O2S/c1-4-8-5-9(11(20-3)6-10(8)19-2)13-17-18-12(15)7-16-14(18)21-13/h5-7H,4H2,1-3H3. The van der Waals surface area contributed by atoms with Gasteiger partial charge in [0, 0.05) is 6.07 Å². The molecule has 0 unspecified atom stereocenters. The van der Waals surface area contributed by atoms with E-state index in [0.29, 0.717) is 0 Å². The van der Waals surface area contributed by atoms with Gasteiger partial charge in [0.15, 0.2) is 5.01 Å². The minimum Gasteiger partial charge on any atom is -0.496 e. The van der Waals surface area contributed by atoms with Crippen molar-refractivity contribution in [3.63, 3.8) is 0 Å². The van der Waals surface area contributed by atoms with Gasteiger partial charge in [0.25, 0.3) is 0 Å². The first-order valence-electron chi connectivity index (χ1n) is 6.43. The van der Waals surface area contributed by atoms with Crippen molar-refractivity contribution in [2.75, 3.05) is 14.2 Å². The number of hydrogen-bond donors (Lipinski definition) is 0. The van der Waals surface area contributed by atoms with Crippen LogP contribution in [0.2, 0.25) is 0 Å². The number of rotatable bonds is 4. The lowest BCUT2D eigenvalue weighted by atomic mass is 10.1. The number of imidazole rings is 1. The molecule has 0 N–H and O–H groups in total. The molecule has 0 bridgehead atoms. The van der Waals surface area contributed by atoms with Crippen LogP contribution < -0.4 is 9.47 Å². The van der Waals surface area contributed by atoms with Gasteiger partial charge in [-0.2, -0.15) is 9.61 Å². The number of nitrogens with zero attached hydrogens (tertiary/aromatic N) is 3. The maximum Gasteiger partial charge on any atom is 0.213 e. The Bertz CT molecular complexity index is 797. The fraction of sp³-hybridized carbons (Fsp3) is 0.286. The van der Waals surface area contributed by atoms with Crippen molar-refractivity contribution in [2.45, 2.75) is 13.3 Å². The van der Waals surface area contributed by atoms with E-state index in [1.807, 2.05) is 6.07 Å². The summed E-state index contributed by atoms with van der Waals surface area (Å²) in [7, 11) is 3.32. The van der Waals surface area contributed by atoms with Crippen molar-refractivity contribution in [3.05, 3.63) is 28.5 Å². The molecule has 110 valence electrons. The van der Waals surface area contributed by atoms with Crippen molar-refractivity contribution >= 4 is 32.2 Å². The van der Waals surface area contributed by atoms with Gasteiger partial charge in [0.2, 0.25) is 4.96 Å². The Kier molecular flexibility index (Phi) is 3.86. The molecule has 3 rings (SSSR count). The number of benzene rings is 1. The summed E-state index contributed by atoms with van der Waals surface area (Å²) in [4.78, 5) is 5.14. The van der Waals surface area contributed by atoms with Crippen LogP contribution in [0.15, 0.2) is 22.9 Å². The monoisotopic (exact) mass is 367 g/mol. The molecule has 2 aromatic heterocycles. The Labute approximate surface area is 134 Å². The highest BCUT2D eigenvalue weighted by Crippen LogP contribution is 2.38. The second-order valence-electron chi connectivity index (χ2n) is 4.40. The average Bonchev–Trinajstić information content (AvgIpc) is 3.08. The smallest absolute Gasteiger partial charge is 0.213 e. The van der Waals surface area contributed by atoms with Crippen LogP contribution >= 0.6 is 27.3 Å². The summed E-state index contributed by atoms with van der Waals surface area (Å²) in [6, 6.07) is 3.98. The summed E-state index contributed by atoms with van der Waals surface area (Å²) in [5, 5.41) is 5.46. The summed E-state index contributed by atoms with van der Waals surface area (Å²) in [5.74, 6) is 1.58. The number of aryl methyl sites for hydroxylation is 1. The van der Waals surface area contributed by atoms with Crippen LogP contribution in [0.5, 0.6) is 11.5 Å². The van der Waals surface area contributed by atoms with Gasteiger partial charge in [0.1, 0.15) is 16.1 Å². The molecule has 21 heavy (non-hydrogen) atoms. The van der Waals surface area contributed by atoms with Gasteiger partial charge >= 0.3 is 0 Å². The summed E-state index contributed by atoms with van der Waals surface area (Å²) in [6.45, 7) is 2.10. The third-order valence-corrected chi connectivity index (χ3v) is 4.75. The number of ether oxygens (including phenoxy) is 2. The second kappa shape index (κ2) is 5.65. The zero-order valence-electron chi connectivity index (χ0n) is 11.9. The minimum atomic E-state index is 0.747. The quantitative estimate of drug-likeness (QED) is 0.703. The molecule has 1 aromatic carbocycles. The van der Waals surface area contributed by atoms with E-state index in [1.165, 1.54) is 11.3 Å². The summed E-state index contributed by atoms with van der Waals surface area (Å²) >= 11 is 4.96. The van der Waals surface area contributed by atoms with Crippen molar-refractivity contribution < 1.29 is 9.47 Å². The maximum atomic E-state index is 5.49.